The summed E-state index contributed by atoms with van der Waals surface area (Å²) in [6, 6.07) is 10.5. The zero-order chi connectivity index (χ0) is 14.2. The topological polar surface area (TPSA) is 30.7 Å². The van der Waals surface area contributed by atoms with E-state index in [1.165, 1.54) is 12.1 Å². The van der Waals surface area contributed by atoms with Crippen molar-refractivity contribution in [2.75, 3.05) is 5.75 Å². The van der Waals surface area contributed by atoms with Crippen molar-refractivity contribution in [3.05, 3.63) is 54.6 Å². The molecule has 2 aromatic heterocycles. The predicted octanol–water partition coefficient (Wildman–Crippen LogP) is -2.14. The quantitative estimate of drug-likeness (QED) is 0.518. The van der Waals surface area contributed by atoms with E-state index >= 15 is 0 Å². The molecule has 0 saturated carbocycles. The van der Waals surface area contributed by atoms with E-state index in [0.717, 1.165) is 40.0 Å². The van der Waals surface area contributed by atoms with E-state index in [9.17, 15) is 4.39 Å². The first-order chi connectivity index (χ1) is 10.3. The largest absolute Gasteiger partial charge is 1.00 e. The fourth-order valence-electron chi connectivity index (χ4n) is 2.59. The van der Waals surface area contributed by atoms with Gasteiger partial charge in [0.2, 0.25) is 0 Å². The minimum atomic E-state index is -0.231. The van der Waals surface area contributed by atoms with Crippen molar-refractivity contribution in [1.82, 2.24) is 14.5 Å². The van der Waals surface area contributed by atoms with E-state index in [1.54, 1.807) is 36.3 Å². The predicted molar refractivity (Wildman–Crippen MR) is 81.6 cm³/mol. The Labute approximate surface area is 150 Å². The van der Waals surface area contributed by atoms with Gasteiger partial charge in [-0.25, -0.2) is 9.37 Å². The molecule has 1 aromatic carbocycles. The Morgan fingerprint density at radius 2 is 1.65 bits per heavy atom. The van der Waals surface area contributed by atoms with Gasteiger partial charge in [-0.2, -0.15) is 0 Å². The fourth-order valence-corrected chi connectivity index (χ4v) is 3.54. The molecule has 1 aliphatic rings. The van der Waals surface area contributed by atoms with Crippen LogP contribution in [0.25, 0.3) is 22.5 Å². The summed E-state index contributed by atoms with van der Waals surface area (Å²) in [4.78, 5) is 8.83. The molecule has 0 saturated heterocycles. The maximum Gasteiger partial charge on any atom is 0.169 e. The van der Waals surface area contributed by atoms with Crippen molar-refractivity contribution >= 4 is 11.8 Å². The van der Waals surface area contributed by atoms with Crippen LogP contribution in [0.2, 0.25) is 0 Å². The molecule has 0 bridgehead atoms. The van der Waals surface area contributed by atoms with Gasteiger partial charge in [0, 0.05) is 35.8 Å². The molecule has 3 heterocycles. The molecule has 3 aromatic rings. The lowest BCUT2D eigenvalue weighted by atomic mass is 10.1. The van der Waals surface area contributed by atoms with E-state index < -0.39 is 0 Å². The van der Waals surface area contributed by atoms with Crippen LogP contribution >= 0.6 is 11.8 Å². The van der Waals surface area contributed by atoms with E-state index in [0.29, 0.717) is 0 Å². The van der Waals surface area contributed by atoms with Gasteiger partial charge in [-0.05, 0) is 36.4 Å². The maximum absolute atomic E-state index is 13.1. The SMILES string of the molecule is Fc1ccc(-c2nc3n(c2-c2ccncc2)CCS3)cc1.[Cl-].[Cl-]. The number of fused-ring (bicyclic) bond motifs is 1. The molecule has 23 heavy (non-hydrogen) atoms. The molecule has 0 N–H and O–H groups in total. The van der Waals surface area contributed by atoms with Gasteiger partial charge in [0.25, 0.3) is 0 Å². The van der Waals surface area contributed by atoms with Crippen LogP contribution in [0.4, 0.5) is 4.39 Å². The molecule has 0 amide bonds. The van der Waals surface area contributed by atoms with Crippen molar-refractivity contribution in [2.45, 2.75) is 11.7 Å². The van der Waals surface area contributed by atoms with Crippen LogP contribution in [0.15, 0.2) is 53.9 Å². The first-order valence-corrected chi connectivity index (χ1v) is 7.71. The number of aromatic nitrogens is 3. The number of hydrogen-bond acceptors (Lipinski definition) is 3. The molecule has 3 nitrogen and oxygen atoms in total. The highest BCUT2D eigenvalue weighted by molar-refractivity contribution is 7.99. The van der Waals surface area contributed by atoms with Crippen LogP contribution in [0.3, 0.4) is 0 Å². The Morgan fingerprint density at radius 3 is 2.35 bits per heavy atom. The summed E-state index contributed by atoms with van der Waals surface area (Å²) in [6.45, 7) is 0.950. The number of rotatable bonds is 2. The second-order valence-corrected chi connectivity index (χ2v) is 5.90. The number of thioether (sulfide) groups is 1. The molecular formula is C16H12Cl2FN3S-2. The molecule has 0 aliphatic carbocycles. The number of nitrogens with zero attached hydrogens (tertiary/aromatic N) is 3. The summed E-state index contributed by atoms with van der Waals surface area (Å²) in [5, 5.41) is 1.03. The van der Waals surface area contributed by atoms with Crippen molar-refractivity contribution in [3.8, 4) is 22.5 Å². The summed E-state index contributed by atoms with van der Waals surface area (Å²) in [7, 11) is 0. The van der Waals surface area contributed by atoms with E-state index in [4.69, 9.17) is 4.98 Å². The van der Waals surface area contributed by atoms with Gasteiger partial charge in [-0.3, -0.25) is 4.98 Å². The van der Waals surface area contributed by atoms with Crippen molar-refractivity contribution in [3.63, 3.8) is 0 Å². The van der Waals surface area contributed by atoms with Crippen molar-refractivity contribution in [2.24, 2.45) is 0 Å². The Kier molecular flexibility index (Phi) is 5.68. The molecule has 0 atom stereocenters. The van der Waals surface area contributed by atoms with Crippen LogP contribution < -0.4 is 24.8 Å². The Bertz CT molecular complexity index is 791. The van der Waals surface area contributed by atoms with Gasteiger partial charge in [0.05, 0.1) is 11.4 Å². The first-order valence-electron chi connectivity index (χ1n) is 6.72. The molecule has 0 radical (unpaired) electrons. The van der Waals surface area contributed by atoms with E-state index in [1.807, 2.05) is 12.1 Å². The van der Waals surface area contributed by atoms with E-state index in [-0.39, 0.29) is 30.6 Å². The van der Waals surface area contributed by atoms with Gasteiger partial charge in [-0.1, -0.05) is 11.8 Å². The summed E-state index contributed by atoms with van der Waals surface area (Å²) >= 11 is 1.76. The maximum atomic E-state index is 13.1. The molecule has 0 fully saturated rings. The molecular weight excluding hydrogens is 356 g/mol. The highest BCUT2D eigenvalue weighted by Gasteiger charge is 2.23. The average Bonchev–Trinajstić information content (AvgIpc) is 3.09. The zero-order valence-corrected chi connectivity index (χ0v) is 14.2. The third kappa shape index (κ3) is 3.22. The van der Waals surface area contributed by atoms with Gasteiger partial charge in [-0.15, -0.1) is 0 Å². The number of halogens is 3. The summed E-state index contributed by atoms with van der Waals surface area (Å²) in [5.74, 6) is 0.815. The minimum absolute atomic E-state index is 0. The number of hydrogen-bond donors (Lipinski definition) is 0. The van der Waals surface area contributed by atoms with Crippen molar-refractivity contribution in [1.29, 1.82) is 0 Å². The Hall–Kier alpha value is -1.56. The number of imidazole rings is 1. The van der Waals surface area contributed by atoms with Gasteiger partial charge in [0.15, 0.2) is 5.16 Å². The summed E-state index contributed by atoms with van der Waals surface area (Å²) in [5.41, 5.74) is 4.02. The molecule has 7 heteroatoms. The monoisotopic (exact) mass is 367 g/mol. The summed E-state index contributed by atoms with van der Waals surface area (Å²) < 4.78 is 15.4. The number of pyridine rings is 1. The highest BCUT2D eigenvalue weighted by atomic mass is 35.5. The van der Waals surface area contributed by atoms with Crippen LogP contribution in [0.5, 0.6) is 0 Å². The molecule has 120 valence electrons. The van der Waals surface area contributed by atoms with Crippen molar-refractivity contribution < 1.29 is 29.2 Å². The lowest BCUT2D eigenvalue weighted by Crippen LogP contribution is -3.00. The minimum Gasteiger partial charge on any atom is -1.00 e. The molecule has 1 aliphatic heterocycles. The second-order valence-electron chi connectivity index (χ2n) is 4.83. The van der Waals surface area contributed by atoms with Gasteiger partial charge in [0.1, 0.15) is 5.82 Å². The highest BCUT2D eigenvalue weighted by Crippen LogP contribution is 2.38. The second kappa shape index (κ2) is 7.34. The summed E-state index contributed by atoms with van der Waals surface area (Å²) in [6.07, 6.45) is 3.57. The third-order valence-electron chi connectivity index (χ3n) is 3.55. The van der Waals surface area contributed by atoms with Crippen LogP contribution in [0, 0.1) is 5.82 Å². The van der Waals surface area contributed by atoms with Crippen LogP contribution in [0.1, 0.15) is 0 Å². The van der Waals surface area contributed by atoms with Gasteiger partial charge < -0.3 is 29.4 Å². The third-order valence-corrected chi connectivity index (χ3v) is 4.51. The van der Waals surface area contributed by atoms with E-state index in [2.05, 4.69) is 9.55 Å². The smallest absolute Gasteiger partial charge is 0.169 e. The van der Waals surface area contributed by atoms with Gasteiger partial charge >= 0.3 is 0 Å². The Morgan fingerprint density at radius 1 is 0.957 bits per heavy atom. The number of benzene rings is 1. The molecule has 4 rings (SSSR count). The fraction of sp³-hybridized carbons (Fsp3) is 0.125. The normalized spacial score (nSPS) is 12.2. The van der Waals surface area contributed by atoms with Crippen LogP contribution in [-0.4, -0.2) is 20.3 Å². The average molecular weight is 368 g/mol. The Balaban J connectivity index is 0.000000960. The first kappa shape index (κ1) is 17.8. The standard InChI is InChI=1S/C16H12FN3S.2ClH/c17-13-3-1-11(2-4-13)14-15(12-5-7-18-8-6-12)20-9-10-21-16(20)19-14;;/h1-8H,9-10H2;2*1H/p-2. The molecule has 0 unspecified atom stereocenters. The lowest BCUT2D eigenvalue weighted by Gasteiger charge is -2.07. The van der Waals surface area contributed by atoms with Crippen LogP contribution in [-0.2, 0) is 6.54 Å². The lowest BCUT2D eigenvalue weighted by molar-refractivity contribution is -0.00100. The zero-order valence-electron chi connectivity index (χ0n) is 11.9. The molecule has 0 spiro atoms.